The highest BCUT2D eigenvalue weighted by molar-refractivity contribution is 7.89. The molecule has 0 radical (unpaired) electrons. The molecule has 0 bridgehead atoms. The Morgan fingerprint density at radius 1 is 1.24 bits per heavy atom. The number of benzene rings is 1. The average Bonchev–Trinajstić information content (AvgIpc) is 2.65. The van der Waals surface area contributed by atoms with Crippen molar-refractivity contribution in [3.05, 3.63) is 23.8 Å². The summed E-state index contributed by atoms with van der Waals surface area (Å²) in [6, 6.07) is 4.93. The van der Waals surface area contributed by atoms with Crippen LogP contribution in [0.1, 0.15) is 37.2 Å². The van der Waals surface area contributed by atoms with E-state index < -0.39 is 10.0 Å². The Balaban J connectivity index is 2.05. The van der Waals surface area contributed by atoms with Gasteiger partial charge in [0.05, 0.1) is 4.90 Å². The van der Waals surface area contributed by atoms with Crippen molar-refractivity contribution in [1.82, 2.24) is 0 Å². The molecule has 2 atom stereocenters. The largest absolute Gasteiger partial charge is 0.489 e. The minimum atomic E-state index is -3.62. The number of hydrogen-bond donors (Lipinski definition) is 1. The van der Waals surface area contributed by atoms with E-state index in [4.69, 9.17) is 9.88 Å². The van der Waals surface area contributed by atoms with Crippen molar-refractivity contribution in [2.45, 2.75) is 42.6 Å². The van der Waals surface area contributed by atoms with Gasteiger partial charge in [0.15, 0.2) is 0 Å². The summed E-state index contributed by atoms with van der Waals surface area (Å²) in [5.74, 6) is 1.18. The fourth-order valence-corrected chi connectivity index (χ4v) is 3.41. The van der Waals surface area contributed by atoms with Gasteiger partial charge in [0, 0.05) is 11.5 Å². The van der Waals surface area contributed by atoms with Crippen LogP contribution >= 0.6 is 0 Å². The molecule has 4 nitrogen and oxygen atoms in total. The van der Waals surface area contributed by atoms with Gasteiger partial charge in [-0.2, -0.15) is 0 Å². The molecule has 0 amide bonds. The van der Waals surface area contributed by atoms with E-state index in [0.717, 1.165) is 24.2 Å². The van der Waals surface area contributed by atoms with Gasteiger partial charge in [0.1, 0.15) is 11.9 Å². The third kappa shape index (κ3) is 1.83. The first-order chi connectivity index (χ1) is 8.05. The molecule has 5 heteroatoms. The molecule has 1 aromatic carbocycles. The summed E-state index contributed by atoms with van der Waals surface area (Å²) >= 11 is 0. The second-order valence-corrected chi connectivity index (χ2v) is 6.35. The van der Waals surface area contributed by atoms with Gasteiger partial charge in [-0.3, -0.25) is 0 Å². The van der Waals surface area contributed by atoms with Gasteiger partial charge in [-0.1, -0.05) is 6.42 Å². The second-order valence-electron chi connectivity index (χ2n) is 4.79. The van der Waals surface area contributed by atoms with Crippen LogP contribution in [0.25, 0.3) is 0 Å². The van der Waals surface area contributed by atoms with E-state index in [2.05, 4.69) is 0 Å². The topological polar surface area (TPSA) is 69.4 Å². The van der Waals surface area contributed by atoms with Gasteiger partial charge in [-0.25, -0.2) is 13.6 Å². The van der Waals surface area contributed by atoms with Crippen LogP contribution in [0, 0.1) is 0 Å². The standard InChI is InChI=1S/C12H15NO3S/c13-17(14,15)8-5-6-12-10(7-8)9-3-1-2-4-11(9)16-12/h5-7,9,11H,1-4H2,(H2,13,14,15). The summed E-state index contributed by atoms with van der Waals surface area (Å²) in [7, 11) is -3.62. The minimum absolute atomic E-state index is 0.186. The lowest BCUT2D eigenvalue weighted by atomic mass is 9.83. The summed E-state index contributed by atoms with van der Waals surface area (Å²) in [5.41, 5.74) is 1.02. The van der Waals surface area contributed by atoms with Crippen molar-refractivity contribution < 1.29 is 13.2 Å². The van der Waals surface area contributed by atoms with Gasteiger partial charge in [0.25, 0.3) is 0 Å². The Bertz CT molecular complexity index is 553. The molecule has 3 rings (SSSR count). The number of sulfonamides is 1. The van der Waals surface area contributed by atoms with Crippen LogP contribution in [-0.4, -0.2) is 14.5 Å². The lowest BCUT2D eigenvalue weighted by Gasteiger charge is -2.23. The van der Waals surface area contributed by atoms with Gasteiger partial charge in [-0.15, -0.1) is 0 Å². The highest BCUT2D eigenvalue weighted by Crippen LogP contribution is 2.45. The highest BCUT2D eigenvalue weighted by atomic mass is 32.2. The highest BCUT2D eigenvalue weighted by Gasteiger charge is 2.36. The molecule has 2 N–H and O–H groups in total. The van der Waals surface area contributed by atoms with Gasteiger partial charge < -0.3 is 4.74 Å². The van der Waals surface area contributed by atoms with Crippen LogP contribution in [0.3, 0.4) is 0 Å². The van der Waals surface area contributed by atoms with E-state index in [-0.39, 0.29) is 11.0 Å². The number of fused-ring (bicyclic) bond motifs is 3. The van der Waals surface area contributed by atoms with Crippen molar-refractivity contribution in [2.24, 2.45) is 5.14 Å². The zero-order chi connectivity index (χ0) is 12.0. The van der Waals surface area contributed by atoms with E-state index in [0.29, 0.717) is 5.92 Å². The summed E-state index contributed by atoms with van der Waals surface area (Å²) < 4.78 is 28.5. The van der Waals surface area contributed by atoms with E-state index in [9.17, 15) is 8.42 Å². The maximum atomic E-state index is 11.3. The lowest BCUT2D eigenvalue weighted by molar-refractivity contribution is 0.164. The smallest absolute Gasteiger partial charge is 0.238 e. The van der Waals surface area contributed by atoms with Crippen molar-refractivity contribution in [1.29, 1.82) is 0 Å². The number of hydrogen-bond acceptors (Lipinski definition) is 3. The molecule has 1 saturated carbocycles. The molecule has 1 aliphatic heterocycles. The fraction of sp³-hybridized carbons (Fsp3) is 0.500. The Kier molecular flexibility index (Phi) is 2.41. The molecule has 0 spiro atoms. The van der Waals surface area contributed by atoms with Crippen molar-refractivity contribution in [3.8, 4) is 5.75 Å². The number of rotatable bonds is 1. The lowest BCUT2D eigenvalue weighted by Crippen LogP contribution is -2.22. The predicted molar refractivity (Wildman–Crippen MR) is 63.4 cm³/mol. The molecule has 1 fully saturated rings. The van der Waals surface area contributed by atoms with Gasteiger partial charge in [-0.05, 0) is 37.5 Å². The molecule has 1 heterocycles. The average molecular weight is 253 g/mol. The molecule has 0 aromatic heterocycles. The summed E-state index contributed by atoms with van der Waals surface area (Å²) in [4.78, 5) is 0.186. The molecule has 92 valence electrons. The quantitative estimate of drug-likeness (QED) is 0.829. The monoisotopic (exact) mass is 253 g/mol. The molecule has 0 saturated heterocycles. The minimum Gasteiger partial charge on any atom is -0.489 e. The summed E-state index contributed by atoms with van der Waals surface area (Å²) in [6.45, 7) is 0. The van der Waals surface area contributed by atoms with Crippen LogP contribution in [0.4, 0.5) is 0 Å². The van der Waals surface area contributed by atoms with Crippen molar-refractivity contribution in [2.75, 3.05) is 0 Å². The first-order valence-corrected chi connectivity index (χ1v) is 7.44. The zero-order valence-electron chi connectivity index (χ0n) is 9.43. The maximum absolute atomic E-state index is 11.3. The molecular weight excluding hydrogens is 238 g/mol. The molecular formula is C12H15NO3S. The second kappa shape index (κ2) is 3.71. The number of ether oxygens (including phenoxy) is 1. The predicted octanol–water partition coefficient (Wildman–Crippen LogP) is 1.75. The van der Waals surface area contributed by atoms with Gasteiger partial charge in [0.2, 0.25) is 10.0 Å². The van der Waals surface area contributed by atoms with Crippen molar-refractivity contribution in [3.63, 3.8) is 0 Å². The third-order valence-electron chi connectivity index (χ3n) is 3.69. The molecule has 2 aliphatic rings. The summed E-state index contributed by atoms with van der Waals surface area (Å²) in [6.07, 6.45) is 4.74. The molecule has 17 heavy (non-hydrogen) atoms. The van der Waals surface area contributed by atoms with Crippen LogP contribution in [0.15, 0.2) is 23.1 Å². The van der Waals surface area contributed by atoms with E-state index >= 15 is 0 Å². The van der Waals surface area contributed by atoms with Crippen LogP contribution in [0.2, 0.25) is 0 Å². The fourth-order valence-electron chi connectivity index (χ4n) is 2.86. The van der Waals surface area contributed by atoms with Crippen LogP contribution < -0.4 is 9.88 Å². The van der Waals surface area contributed by atoms with E-state index in [1.807, 2.05) is 0 Å². The number of nitrogens with two attached hydrogens (primary N) is 1. The Labute approximate surface area is 101 Å². The third-order valence-corrected chi connectivity index (χ3v) is 4.60. The normalized spacial score (nSPS) is 27.1. The Morgan fingerprint density at radius 3 is 2.76 bits per heavy atom. The zero-order valence-corrected chi connectivity index (χ0v) is 10.2. The molecule has 2 unspecified atom stereocenters. The number of primary sulfonamides is 1. The Hall–Kier alpha value is -1.07. The van der Waals surface area contributed by atoms with Crippen LogP contribution in [0.5, 0.6) is 5.75 Å². The first-order valence-electron chi connectivity index (χ1n) is 5.89. The SMILES string of the molecule is NS(=O)(=O)c1ccc2c(c1)C1CCCCC1O2. The maximum Gasteiger partial charge on any atom is 0.238 e. The van der Waals surface area contributed by atoms with Crippen LogP contribution in [-0.2, 0) is 10.0 Å². The van der Waals surface area contributed by atoms with E-state index in [1.165, 1.54) is 18.9 Å². The molecule has 1 aliphatic carbocycles. The Morgan fingerprint density at radius 2 is 2.00 bits per heavy atom. The summed E-state index contributed by atoms with van der Waals surface area (Å²) in [5, 5.41) is 5.15. The van der Waals surface area contributed by atoms with Crippen molar-refractivity contribution >= 4 is 10.0 Å². The first kappa shape index (κ1) is 11.0. The van der Waals surface area contributed by atoms with E-state index in [1.54, 1.807) is 12.1 Å². The van der Waals surface area contributed by atoms with Gasteiger partial charge >= 0.3 is 0 Å². The molecule has 1 aromatic rings.